The van der Waals surface area contributed by atoms with Gasteiger partial charge in [0.15, 0.2) is 17.5 Å². The summed E-state index contributed by atoms with van der Waals surface area (Å²) in [7, 11) is 0. The van der Waals surface area contributed by atoms with Crippen molar-refractivity contribution in [1.82, 2.24) is 19.9 Å². The largest absolute Gasteiger partial charge is 0.304 e. The standard InChI is InChI=1S/C44H37N4.Ir/c1-43(2,35-16-10-6-11-17-35)37-25-20-32(21-26-37)40-46-41(33-22-27-38(28-23-33)44(3,4)36-18-12-7-13-19-36)48-42(47-40)34-24-29-39(45-30-34)31-14-8-5-9-15-31;/h5-14,16-30H,1-4H3;/q-1;. The van der Waals surface area contributed by atoms with Gasteiger partial charge in [0.25, 0.3) is 0 Å². The van der Waals surface area contributed by atoms with Crippen LogP contribution >= 0.6 is 0 Å². The van der Waals surface area contributed by atoms with E-state index >= 15 is 0 Å². The maximum absolute atomic E-state index is 5.02. The zero-order chi connectivity index (χ0) is 33.1. The molecule has 0 N–H and O–H groups in total. The van der Waals surface area contributed by atoms with Crippen molar-refractivity contribution in [1.29, 1.82) is 0 Å². The molecule has 7 rings (SSSR count). The van der Waals surface area contributed by atoms with Crippen LogP contribution in [-0.2, 0) is 30.9 Å². The fourth-order valence-electron chi connectivity index (χ4n) is 6.12. The van der Waals surface area contributed by atoms with E-state index in [2.05, 4.69) is 143 Å². The van der Waals surface area contributed by atoms with Crippen molar-refractivity contribution in [3.8, 4) is 45.4 Å². The van der Waals surface area contributed by atoms with Gasteiger partial charge in [-0.15, -0.1) is 35.9 Å². The van der Waals surface area contributed by atoms with Crippen molar-refractivity contribution in [2.24, 2.45) is 0 Å². The Morgan fingerprint density at radius 3 is 1.24 bits per heavy atom. The Labute approximate surface area is 302 Å². The van der Waals surface area contributed by atoms with Crippen LogP contribution in [0, 0.1) is 6.07 Å². The molecule has 5 aromatic carbocycles. The molecule has 2 heterocycles. The molecule has 0 saturated heterocycles. The zero-order valence-electron chi connectivity index (χ0n) is 28.1. The Hall–Kier alpha value is -5.09. The minimum Gasteiger partial charge on any atom is -0.304 e. The molecule has 4 nitrogen and oxygen atoms in total. The number of nitrogens with zero attached hydrogens (tertiary/aromatic N) is 4. The number of aromatic nitrogens is 4. The zero-order valence-corrected chi connectivity index (χ0v) is 30.5. The van der Waals surface area contributed by atoms with E-state index in [1.165, 1.54) is 22.3 Å². The van der Waals surface area contributed by atoms with Crippen LogP contribution in [0.15, 0.2) is 152 Å². The van der Waals surface area contributed by atoms with Gasteiger partial charge in [-0.1, -0.05) is 149 Å². The number of pyridine rings is 1. The normalized spacial score (nSPS) is 11.5. The molecule has 0 fully saturated rings. The van der Waals surface area contributed by atoms with E-state index in [1.54, 1.807) is 0 Å². The van der Waals surface area contributed by atoms with Gasteiger partial charge in [-0.2, -0.15) is 0 Å². The molecule has 49 heavy (non-hydrogen) atoms. The Morgan fingerprint density at radius 2 is 0.837 bits per heavy atom. The second-order valence-electron chi connectivity index (χ2n) is 13.2. The third-order valence-electron chi connectivity index (χ3n) is 9.36. The fraction of sp³-hybridized carbons (Fsp3) is 0.136. The van der Waals surface area contributed by atoms with Gasteiger partial charge < -0.3 is 4.98 Å². The number of rotatable bonds is 8. The topological polar surface area (TPSA) is 51.6 Å². The Balaban J connectivity index is 0.00000417. The van der Waals surface area contributed by atoms with Gasteiger partial charge in [0.2, 0.25) is 0 Å². The quantitative estimate of drug-likeness (QED) is 0.143. The van der Waals surface area contributed by atoms with E-state index < -0.39 is 0 Å². The van der Waals surface area contributed by atoms with Crippen LogP contribution in [0.25, 0.3) is 45.4 Å². The predicted molar refractivity (Wildman–Crippen MR) is 195 cm³/mol. The number of benzene rings is 5. The maximum atomic E-state index is 5.02. The summed E-state index contributed by atoms with van der Waals surface area (Å²) in [5.74, 6) is 1.81. The van der Waals surface area contributed by atoms with Crippen molar-refractivity contribution >= 4 is 0 Å². The molecule has 0 atom stereocenters. The second-order valence-corrected chi connectivity index (χ2v) is 13.2. The molecule has 243 valence electrons. The molecule has 7 aromatic rings. The summed E-state index contributed by atoms with van der Waals surface area (Å²) in [4.78, 5) is 19.7. The van der Waals surface area contributed by atoms with E-state index in [4.69, 9.17) is 19.9 Å². The molecule has 0 aliphatic carbocycles. The summed E-state index contributed by atoms with van der Waals surface area (Å²) in [5, 5.41) is 0. The van der Waals surface area contributed by atoms with Crippen LogP contribution in [0.1, 0.15) is 49.9 Å². The van der Waals surface area contributed by atoms with Crippen molar-refractivity contribution in [3.63, 3.8) is 0 Å². The molecule has 0 aliphatic rings. The molecular formula is C44H37IrN4-. The van der Waals surface area contributed by atoms with Gasteiger partial charge in [-0.3, -0.25) is 0 Å². The minimum absolute atomic E-state index is 0. The van der Waals surface area contributed by atoms with Crippen LogP contribution < -0.4 is 0 Å². The van der Waals surface area contributed by atoms with Gasteiger partial charge >= 0.3 is 0 Å². The van der Waals surface area contributed by atoms with Crippen molar-refractivity contribution in [2.45, 2.75) is 38.5 Å². The van der Waals surface area contributed by atoms with Gasteiger partial charge in [0.1, 0.15) is 0 Å². The van der Waals surface area contributed by atoms with Gasteiger partial charge in [-0.05, 0) is 27.9 Å². The summed E-state index contributed by atoms with van der Waals surface area (Å²) in [6, 6.07) is 53.5. The van der Waals surface area contributed by atoms with E-state index in [1.807, 2.05) is 42.6 Å². The SMILES string of the molecule is CC(C)(c1ccccc1)c1ccc(-c2nc(-c3ccc(C(C)(C)c4ccccc4)cc3)nc(-c3ccc(-c4[c-]cccc4)nc3)n2)cc1.[Ir]. The van der Waals surface area contributed by atoms with Crippen LogP contribution in [0.3, 0.4) is 0 Å². The van der Waals surface area contributed by atoms with Crippen LogP contribution in [-0.4, -0.2) is 19.9 Å². The molecule has 0 aliphatic heterocycles. The average molecular weight is 814 g/mol. The van der Waals surface area contributed by atoms with E-state index in [-0.39, 0.29) is 30.9 Å². The molecule has 2 aromatic heterocycles. The Morgan fingerprint density at radius 1 is 0.429 bits per heavy atom. The summed E-state index contributed by atoms with van der Waals surface area (Å²) in [6.45, 7) is 9.01. The molecule has 0 unspecified atom stereocenters. The maximum Gasteiger partial charge on any atom is 0.165 e. The number of hydrogen-bond acceptors (Lipinski definition) is 4. The van der Waals surface area contributed by atoms with Crippen molar-refractivity contribution in [3.05, 3.63) is 180 Å². The third-order valence-corrected chi connectivity index (χ3v) is 9.36. The average Bonchev–Trinajstić information content (AvgIpc) is 3.16. The van der Waals surface area contributed by atoms with Crippen LogP contribution in [0.2, 0.25) is 0 Å². The fourth-order valence-corrected chi connectivity index (χ4v) is 6.12. The molecule has 0 spiro atoms. The third kappa shape index (κ3) is 7.05. The summed E-state index contributed by atoms with van der Waals surface area (Å²) in [5.41, 5.74) is 9.17. The van der Waals surface area contributed by atoms with E-state index in [0.29, 0.717) is 17.5 Å². The molecule has 1 radical (unpaired) electrons. The van der Waals surface area contributed by atoms with E-state index in [9.17, 15) is 0 Å². The first-order valence-corrected chi connectivity index (χ1v) is 16.3. The molecule has 0 saturated carbocycles. The first-order valence-electron chi connectivity index (χ1n) is 16.3. The van der Waals surface area contributed by atoms with Crippen LogP contribution in [0.5, 0.6) is 0 Å². The summed E-state index contributed by atoms with van der Waals surface area (Å²) >= 11 is 0. The molecule has 0 bridgehead atoms. The minimum atomic E-state index is -0.145. The second kappa shape index (κ2) is 14.2. The monoisotopic (exact) mass is 814 g/mol. The summed E-state index contributed by atoms with van der Waals surface area (Å²) < 4.78 is 0. The first kappa shape index (κ1) is 33.8. The molecule has 0 amide bonds. The molecule has 5 heteroatoms. The Kier molecular flexibility index (Phi) is 9.78. The smallest absolute Gasteiger partial charge is 0.165 e. The molecular weight excluding hydrogens is 777 g/mol. The van der Waals surface area contributed by atoms with E-state index in [0.717, 1.165) is 27.9 Å². The first-order chi connectivity index (χ1) is 23.3. The summed E-state index contributed by atoms with van der Waals surface area (Å²) in [6.07, 6.45) is 1.83. The van der Waals surface area contributed by atoms with Crippen molar-refractivity contribution < 1.29 is 20.1 Å². The van der Waals surface area contributed by atoms with Gasteiger partial charge in [-0.25, -0.2) is 15.0 Å². The Bertz CT molecular complexity index is 2010. The number of hydrogen-bond donors (Lipinski definition) is 0. The van der Waals surface area contributed by atoms with Crippen LogP contribution in [0.4, 0.5) is 0 Å². The van der Waals surface area contributed by atoms with Gasteiger partial charge in [0, 0.05) is 53.8 Å². The van der Waals surface area contributed by atoms with Gasteiger partial charge in [0.05, 0.1) is 0 Å². The van der Waals surface area contributed by atoms with Crippen molar-refractivity contribution in [2.75, 3.05) is 0 Å². The predicted octanol–water partition coefficient (Wildman–Crippen LogP) is 10.4.